The number of carbonyl (C=O) groups excluding carboxylic acids is 2. The quantitative estimate of drug-likeness (QED) is 0.756. The maximum atomic E-state index is 12.9. The lowest BCUT2D eigenvalue weighted by Gasteiger charge is -2.41. The van der Waals surface area contributed by atoms with Crippen molar-refractivity contribution in [3.05, 3.63) is 0 Å². The highest BCUT2D eigenvalue weighted by Gasteiger charge is 2.48. The Morgan fingerprint density at radius 1 is 1.11 bits per heavy atom. The van der Waals surface area contributed by atoms with Crippen molar-refractivity contribution >= 4 is 11.8 Å². The van der Waals surface area contributed by atoms with E-state index in [4.69, 9.17) is 9.47 Å². The van der Waals surface area contributed by atoms with Gasteiger partial charge < -0.3 is 19.3 Å². The Kier molecular flexibility index (Phi) is 4.67. The third-order valence-electron chi connectivity index (χ3n) is 7.71. The van der Waals surface area contributed by atoms with Crippen molar-refractivity contribution in [2.24, 2.45) is 11.8 Å². The van der Waals surface area contributed by atoms with Gasteiger partial charge in [-0.2, -0.15) is 0 Å². The van der Waals surface area contributed by atoms with E-state index >= 15 is 0 Å². The van der Waals surface area contributed by atoms with Crippen molar-refractivity contribution in [3.8, 4) is 0 Å². The van der Waals surface area contributed by atoms with E-state index < -0.39 is 0 Å². The summed E-state index contributed by atoms with van der Waals surface area (Å²) >= 11 is 0. The lowest BCUT2D eigenvalue weighted by Crippen LogP contribution is -2.51. The molecule has 4 heterocycles. The van der Waals surface area contributed by atoms with Gasteiger partial charge in [0.2, 0.25) is 11.8 Å². The molecule has 0 unspecified atom stereocenters. The number of amides is 2. The number of likely N-dealkylation sites (tertiary alicyclic amines) is 1. The van der Waals surface area contributed by atoms with Crippen LogP contribution in [0.25, 0.3) is 0 Å². The molecule has 1 spiro atoms. The van der Waals surface area contributed by atoms with Crippen molar-refractivity contribution in [3.63, 3.8) is 0 Å². The van der Waals surface area contributed by atoms with E-state index in [1.54, 1.807) is 0 Å². The molecule has 4 saturated heterocycles. The second-order valence-electron chi connectivity index (χ2n) is 9.39. The monoisotopic (exact) mass is 376 g/mol. The first-order valence-corrected chi connectivity index (χ1v) is 11.0. The average molecular weight is 376 g/mol. The number of ether oxygens (including phenoxy) is 2. The Morgan fingerprint density at radius 3 is 2.56 bits per heavy atom. The van der Waals surface area contributed by atoms with Gasteiger partial charge in [0, 0.05) is 26.2 Å². The van der Waals surface area contributed by atoms with Crippen LogP contribution >= 0.6 is 0 Å². The predicted molar refractivity (Wildman–Crippen MR) is 99.0 cm³/mol. The molecule has 6 nitrogen and oxygen atoms in total. The molecule has 27 heavy (non-hydrogen) atoms. The maximum Gasteiger partial charge on any atom is 0.228 e. The fourth-order valence-corrected chi connectivity index (χ4v) is 5.70. The fourth-order valence-electron chi connectivity index (χ4n) is 5.70. The zero-order valence-corrected chi connectivity index (χ0v) is 16.2. The minimum absolute atomic E-state index is 0.0625. The Bertz CT molecular complexity index is 597. The normalized spacial score (nSPS) is 36.1. The molecule has 5 aliphatic rings. The summed E-state index contributed by atoms with van der Waals surface area (Å²) in [6, 6.07) is 0. The van der Waals surface area contributed by atoms with Crippen LogP contribution in [0.1, 0.15) is 57.8 Å². The summed E-state index contributed by atoms with van der Waals surface area (Å²) in [5.41, 5.74) is -0.354. The summed E-state index contributed by atoms with van der Waals surface area (Å²) in [4.78, 5) is 29.8. The molecular weight excluding hydrogens is 344 g/mol. The minimum Gasteiger partial charge on any atom is -0.374 e. The highest BCUT2D eigenvalue weighted by molar-refractivity contribution is 5.80. The Hall–Kier alpha value is -1.14. The number of hydrogen-bond acceptors (Lipinski definition) is 4. The maximum absolute atomic E-state index is 12.9. The van der Waals surface area contributed by atoms with E-state index in [1.165, 1.54) is 19.3 Å². The van der Waals surface area contributed by atoms with Crippen LogP contribution in [0.15, 0.2) is 0 Å². The standard InChI is InChI=1S/C21H32N2O4/c24-19-13-21(26-11-10-23(19)14-15-2-1-3-15)6-8-22(9-7-21)20(25)17-12-16-4-5-18(17)27-16/h15-18H,1-14H2/t16-,17+,18+/m0/s1. The van der Waals surface area contributed by atoms with Gasteiger partial charge in [0.25, 0.3) is 0 Å². The third-order valence-corrected chi connectivity index (χ3v) is 7.71. The van der Waals surface area contributed by atoms with Crippen LogP contribution in [-0.4, -0.2) is 72.2 Å². The largest absolute Gasteiger partial charge is 0.374 e. The van der Waals surface area contributed by atoms with E-state index in [1.807, 2.05) is 9.80 Å². The van der Waals surface area contributed by atoms with Crippen LogP contribution in [-0.2, 0) is 19.1 Å². The molecular formula is C21H32N2O4. The van der Waals surface area contributed by atoms with Gasteiger partial charge in [-0.1, -0.05) is 6.42 Å². The van der Waals surface area contributed by atoms with E-state index in [9.17, 15) is 9.59 Å². The second kappa shape index (κ2) is 7.03. The SMILES string of the molecule is O=C1CC2(CCN(C(=O)[C@@H]3C[C@@H]4CC[C@H]3O4)CC2)OCCN1CC1CCC1. The molecule has 0 aromatic carbocycles. The average Bonchev–Trinajstić information content (AvgIpc) is 3.22. The highest BCUT2D eigenvalue weighted by atomic mass is 16.5. The van der Waals surface area contributed by atoms with Gasteiger partial charge >= 0.3 is 0 Å². The van der Waals surface area contributed by atoms with E-state index in [0.29, 0.717) is 38.1 Å². The molecule has 1 aliphatic carbocycles. The summed E-state index contributed by atoms with van der Waals surface area (Å²) in [6.07, 6.45) is 9.39. The molecule has 2 bridgehead atoms. The highest BCUT2D eigenvalue weighted by Crippen LogP contribution is 2.41. The van der Waals surface area contributed by atoms with Crippen LogP contribution in [0, 0.1) is 11.8 Å². The molecule has 0 aromatic rings. The van der Waals surface area contributed by atoms with Crippen molar-refractivity contribution < 1.29 is 19.1 Å². The van der Waals surface area contributed by atoms with Crippen molar-refractivity contribution in [2.45, 2.75) is 75.6 Å². The molecule has 0 N–H and O–H groups in total. The van der Waals surface area contributed by atoms with Gasteiger partial charge in [0.05, 0.1) is 36.8 Å². The molecule has 5 fully saturated rings. The van der Waals surface area contributed by atoms with Gasteiger partial charge in [-0.05, 0) is 50.9 Å². The molecule has 150 valence electrons. The molecule has 3 atom stereocenters. The number of hydrogen-bond donors (Lipinski definition) is 0. The van der Waals surface area contributed by atoms with Crippen LogP contribution in [0.2, 0.25) is 0 Å². The molecule has 6 heteroatoms. The Morgan fingerprint density at radius 2 is 1.93 bits per heavy atom. The number of fused-ring (bicyclic) bond motifs is 2. The van der Waals surface area contributed by atoms with Crippen LogP contribution in [0.3, 0.4) is 0 Å². The van der Waals surface area contributed by atoms with Gasteiger partial charge in [-0.15, -0.1) is 0 Å². The first-order chi connectivity index (χ1) is 13.1. The molecule has 1 saturated carbocycles. The smallest absolute Gasteiger partial charge is 0.228 e. The zero-order chi connectivity index (χ0) is 18.4. The minimum atomic E-state index is -0.354. The molecule has 4 aliphatic heterocycles. The third kappa shape index (κ3) is 3.39. The Labute approximate surface area is 161 Å². The topological polar surface area (TPSA) is 59.1 Å². The lowest BCUT2D eigenvalue weighted by atomic mass is 9.84. The van der Waals surface area contributed by atoms with Gasteiger partial charge in [-0.25, -0.2) is 0 Å². The number of rotatable bonds is 3. The van der Waals surface area contributed by atoms with Gasteiger partial charge in [0.1, 0.15) is 0 Å². The first kappa shape index (κ1) is 17.9. The van der Waals surface area contributed by atoms with Crippen LogP contribution in [0.5, 0.6) is 0 Å². The first-order valence-electron chi connectivity index (χ1n) is 11.0. The summed E-state index contributed by atoms with van der Waals surface area (Å²) < 4.78 is 12.1. The molecule has 5 rings (SSSR count). The summed E-state index contributed by atoms with van der Waals surface area (Å²) in [6.45, 7) is 3.69. The molecule has 2 amide bonds. The van der Waals surface area contributed by atoms with E-state index in [0.717, 1.165) is 45.2 Å². The molecule has 0 radical (unpaired) electrons. The summed E-state index contributed by atoms with van der Waals surface area (Å²) in [5.74, 6) is 1.28. The Balaban J connectivity index is 1.17. The second-order valence-corrected chi connectivity index (χ2v) is 9.39. The number of carbonyl (C=O) groups is 2. The molecule has 0 aromatic heterocycles. The van der Waals surface area contributed by atoms with Gasteiger partial charge in [0.15, 0.2) is 0 Å². The fraction of sp³-hybridized carbons (Fsp3) is 0.905. The zero-order valence-electron chi connectivity index (χ0n) is 16.2. The van der Waals surface area contributed by atoms with Crippen molar-refractivity contribution in [1.82, 2.24) is 9.80 Å². The van der Waals surface area contributed by atoms with E-state index in [2.05, 4.69) is 0 Å². The van der Waals surface area contributed by atoms with E-state index in [-0.39, 0.29) is 29.4 Å². The summed E-state index contributed by atoms with van der Waals surface area (Å²) in [5, 5.41) is 0. The number of nitrogens with zero attached hydrogens (tertiary/aromatic N) is 2. The number of piperidine rings is 1. The van der Waals surface area contributed by atoms with Crippen LogP contribution < -0.4 is 0 Å². The summed E-state index contributed by atoms with van der Waals surface area (Å²) in [7, 11) is 0. The van der Waals surface area contributed by atoms with Crippen molar-refractivity contribution in [1.29, 1.82) is 0 Å². The lowest BCUT2D eigenvalue weighted by molar-refractivity contribution is -0.145. The van der Waals surface area contributed by atoms with Crippen LogP contribution in [0.4, 0.5) is 0 Å². The van der Waals surface area contributed by atoms with Gasteiger partial charge in [-0.3, -0.25) is 9.59 Å². The van der Waals surface area contributed by atoms with Crippen molar-refractivity contribution in [2.75, 3.05) is 32.8 Å². The predicted octanol–water partition coefficient (Wildman–Crippen LogP) is 1.96.